The number of rotatable bonds is 3. The Hall–Kier alpha value is -3.19. The Balaban J connectivity index is 1.50. The molecular formula is C24H14Cl2N4OS. The number of aromatic nitrogens is 2. The molecular weight excluding hydrogens is 463 g/mol. The van der Waals surface area contributed by atoms with Gasteiger partial charge in [0.1, 0.15) is 5.69 Å². The number of para-hydroxylation sites is 1. The van der Waals surface area contributed by atoms with Crippen molar-refractivity contribution in [3.8, 4) is 11.1 Å². The molecule has 2 aromatic heterocycles. The predicted octanol–water partition coefficient (Wildman–Crippen LogP) is 6.50. The molecule has 1 fully saturated rings. The highest BCUT2D eigenvalue weighted by atomic mass is 35.5. The lowest BCUT2D eigenvalue weighted by Crippen LogP contribution is -2.19. The molecule has 1 amide bonds. The van der Waals surface area contributed by atoms with Crippen molar-refractivity contribution in [3.63, 3.8) is 0 Å². The Kier molecular flexibility index (Phi) is 5.66. The molecule has 0 aliphatic carbocycles. The fourth-order valence-corrected chi connectivity index (χ4v) is 4.67. The van der Waals surface area contributed by atoms with Crippen molar-refractivity contribution >= 4 is 68.7 Å². The summed E-state index contributed by atoms with van der Waals surface area (Å²) < 4.78 is 0. The summed E-state index contributed by atoms with van der Waals surface area (Å²) in [6.07, 6.45) is 7.18. The zero-order valence-electron chi connectivity index (χ0n) is 16.4. The number of benzene rings is 2. The number of halogens is 2. The molecule has 0 radical (unpaired) electrons. The van der Waals surface area contributed by atoms with Crippen LogP contribution in [0.2, 0.25) is 10.0 Å². The number of aliphatic imine (C=N–C) groups is 1. The molecule has 1 saturated heterocycles. The van der Waals surface area contributed by atoms with Crippen LogP contribution < -0.4 is 5.32 Å². The largest absolute Gasteiger partial charge is 0.300 e. The van der Waals surface area contributed by atoms with Crippen LogP contribution in [0.25, 0.3) is 28.1 Å². The molecule has 5 nitrogen and oxygen atoms in total. The molecule has 5 rings (SSSR count). The van der Waals surface area contributed by atoms with E-state index in [1.807, 2.05) is 48.7 Å². The molecule has 0 bridgehead atoms. The van der Waals surface area contributed by atoms with Gasteiger partial charge in [0.2, 0.25) is 0 Å². The number of fused-ring (bicyclic) bond motifs is 1. The van der Waals surface area contributed by atoms with Crippen LogP contribution in [0.15, 0.2) is 83.1 Å². The van der Waals surface area contributed by atoms with Crippen molar-refractivity contribution in [1.82, 2.24) is 15.3 Å². The highest BCUT2D eigenvalue weighted by Crippen LogP contribution is 2.36. The topological polar surface area (TPSA) is 67.2 Å². The number of hydrogen-bond acceptors (Lipinski definition) is 5. The minimum absolute atomic E-state index is 0.226. The van der Waals surface area contributed by atoms with Crippen LogP contribution in [0.4, 0.5) is 5.69 Å². The maximum atomic E-state index is 12.5. The number of pyridine rings is 2. The van der Waals surface area contributed by atoms with E-state index in [-0.39, 0.29) is 5.91 Å². The lowest BCUT2D eigenvalue weighted by atomic mass is 10.0. The number of carbonyl (C=O) groups is 1. The second kappa shape index (κ2) is 8.74. The van der Waals surface area contributed by atoms with E-state index in [0.29, 0.717) is 25.8 Å². The number of nitrogens with one attached hydrogen (secondary N) is 1. The Labute approximate surface area is 198 Å². The Morgan fingerprint density at radius 2 is 1.84 bits per heavy atom. The molecule has 4 aromatic rings. The highest BCUT2D eigenvalue weighted by Gasteiger charge is 2.24. The Bertz CT molecular complexity index is 1400. The van der Waals surface area contributed by atoms with Gasteiger partial charge < -0.3 is 5.32 Å². The summed E-state index contributed by atoms with van der Waals surface area (Å²) in [6.45, 7) is 0. The first-order chi connectivity index (χ1) is 15.6. The summed E-state index contributed by atoms with van der Waals surface area (Å²) in [5.74, 6) is -0.226. The summed E-state index contributed by atoms with van der Waals surface area (Å²) in [6, 6.07) is 16.9. The number of amidine groups is 1. The zero-order chi connectivity index (χ0) is 22.1. The molecule has 0 saturated carbocycles. The van der Waals surface area contributed by atoms with E-state index >= 15 is 0 Å². The van der Waals surface area contributed by atoms with Crippen LogP contribution >= 0.6 is 35.0 Å². The molecule has 0 spiro atoms. The molecule has 1 N–H and O–H groups in total. The van der Waals surface area contributed by atoms with Gasteiger partial charge in [0.15, 0.2) is 5.17 Å². The Morgan fingerprint density at radius 1 is 1.00 bits per heavy atom. The van der Waals surface area contributed by atoms with Crippen molar-refractivity contribution < 1.29 is 4.79 Å². The summed E-state index contributed by atoms with van der Waals surface area (Å²) in [4.78, 5) is 26.2. The standard InChI is InChI=1S/C24H14Cl2N4OS/c25-18-4-1-5-19(26)22(18)29-24-30-23(31)21(32-24)12-14-6-7-20-17(11-14)16(8-10-28-20)15-3-2-9-27-13-15/h1-13H,(H,29,30,31)/b21-12-. The first-order valence-electron chi connectivity index (χ1n) is 9.61. The second-order valence-corrected chi connectivity index (χ2v) is 8.77. The van der Waals surface area contributed by atoms with Gasteiger partial charge in [-0.2, -0.15) is 0 Å². The van der Waals surface area contributed by atoms with E-state index in [9.17, 15) is 4.79 Å². The Morgan fingerprint density at radius 3 is 2.62 bits per heavy atom. The first kappa shape index (κ1) is 20.7. The third kappa shape index (κ3) is 4.12. The van der Waals surface area contributed by atoms with Gasteiger partial charge in [-0.05, 0) is 65.4 Å². The number of hydrogen-bond donors (Lipinski definition) is 1. The van der Waals surface area contributed by atoms with Gasteiger partial charge in [0.05, 0.1) is 20.5 Å². The van der Waals surface area contributed by atoms with Gasteiger partial charge in [-0.25, -0.2) is 4.99 Å². The summed E-state index contributed by atoms with van der Waals surface area (Å²) in [7, 11) is 0. The molecule has 32 heavy (non-hydrogen) atoms. The smallest absolute Gasteiger partial charge is 0.264 e. The normalized spacial score (nSPS) is 16.1. The average molecular weight is 477 g/mol. The first-order valence-corrected chi connectivity index (χ1v) is 11.2. The molecule has 1 aliphatic heterocycles. The molecule has 8 heteroatoms. The van der Waals surface area contributed by atoms with Crippen LogP contribution in [-0.2, 0) is 4.79 Å². The van der Waals surface area contributed by atoms with Crippen molar-refractivity contribution in [2.24, 2.45) is 4.99 Å². The zero-order valence-corrected chi connectivity index (χ0v) is 18.7. The van der Waals surface area contributed by atoms with Crippen LogP contribution in [0.1, 0.15) is 5.56 Å². The van der Waals surface area contributed by atoms with Crippen molar-refractivity contribution in [3.05, 3.63) is 93.7 Å². The minimum Gasteiger partial charge on any atom is -0.300 e. The van der Waals surface area contributed by atoms with E-state index in [2.05, 4.69) is 20.3 Å². The number of amides is 1. The summed E-state index contributed by atoms with van der Waals surface area (Å²) in [5.41, 5.74) is 4.21. The van der Waals surface area contributed by atoms with Crippen LogP contribution in [0, 0.1) is 0 Å². The van der Waals surface area contributed by atoms with Gasteiger partial charge in [-0.15, -0.1) is 0 Å². The third-order valence-electron chi connectivity index (χ3n) is 4.84. The van der Waals surface area contributed by atoms with E-state index in [1.165, 1.54) is 11.8 Å². The maximum Gasteiger partial charge on any atom is 0.264 e. The van der Waals surface area contributed by atoms with Crippen LogP contribution in [-0.4, -0.2) is 21.0 Å². The van der Waals surface area contributed by atoms with Crippen molar-refractivity contribution in [2.45, 2.75) is 0 Å². The second-order valence-electron chi connectivity index (χ2n) is 6.93. The minimum atomic E-state index is -0.226. The molecule has 3 heterocycles. The van der Waals surface area contributed by atoms with Gasteiger partial charge in [0.25, 0.3) is 5.91 Å². The lowest BCUT2D eigenvalue weighted by molar-refractivity contribution is -0.115. The number of nitrogens with zero attached hydrogens (tertiary/aromatic N) is 3. The van der Waals surface area contributed by atoms with Gasteiger partial charge in [-0.1, -0.05) is 41.4 Å². The number of carbonyl (C=O) groups excluding carboxylic acids is 1. The molecule has 156 valence electrons. The van der Waals surface area contributed by atoms with Crippen molar-refractivity contribution in [1.29, 1.82) is 0 Å². The molecule has 1 aliphatic rings. The monoisotopic (exact) mass is 476 g/mol. The SMILES string of the molecule is O=C1NC(=Nc2c(Cl)cccc2Cl)S/C1=C\c1ccc2nccc(-c3cccnc3)c2c1. The fraction of sp³-hybridized carbons (Fsp3) is 0. The molecule has 2 aromatic carbocycles. The highest BCUT2D eigenvalue weighted by molar-refractivity contribution is 8.18. The maximum absolute atomic E-state index is 12.5. The van der Waals surface area contributed by atoms with Crippen LogP contribution in [0.5, 0.6) is 0 Å². The summed E-state index contributed by atoms with van der Waals surface area (Å²) >= 11 is 13.6. The van der Waals surface area contributed by atoms with Gasteiger partial charge >= 0.3 is 0 Å². The van der Waals surface area contributed by atoms with Crippen molar-refractivity contribution in [2.75, 3.05) is 0 Å². The van der Waals surface area contributed by atoms with Gasteiger partial charge in [-0.3, -0.25) is 14.8 Å². The van der Waals surface area contributed by atoms with E-state index in [0.717, 1.165) is 27.6 Å². The van der Waals surface area contributed by atoms with E-state index in [4.69, 9.17) is 23.2 Å². The molecule has 0 unspecified atom stereocenters. The predicted molar refractivity (Wildman–Crippen MR) is 132 cm³/mol. The van der Waals surface area contributed by atoms with Crippen LogP contribution in [0.3, 0.4) is 0 Å². The van der Waals surface area contributed by atoms with E-state index in [1.54, 1.807) is 30.6 Å². The summed E-state index contributed by atoms with van der Waals surface area (Å²) in [5, 5.41) is 5.01. The third-order valence-corrected chi connectivity index (χ3v) is 6.36. The lowest BCUT2D eigenvalue weighted by Gasteiger charge is -2.07. The average Bonchev–Trinajstić information content (AvgIpc) is 3.15. The fourth-order valence-electron chi connectivity index (χ4n) is 3.36. The number of thioether (sulfide) groups is 1. The molecule has 0 atom stereocenters. The van der Waals surface area contributed by atoms with E-state index < -0.39 is 0 Å². The van der Waals surface area contributed by atoms with Gasteiger partial charge in [0, 0.05) is 29.5 Å². The quantitative estimate of drug-likeness (QED) is 0.342.